The molecular weight excluding hydrogens is 479 g/mol. The van der Waals surface area contributed by atoms with Crippen molar-refractivity contribution < 1.29 is 4.79 Å². The molecule has 0 atom stereocenters. The van der Waals surface area contributed by atoms with Crippen LogP contribution in [0.15, 0.2) is 96.1 Å². The van der Waals surface area contributed by atoms with Gasteiger partial charge in [0, 0.05) is 33.8 Å². The average molecular weight is 503 g/mol. The van der Waals surface area contributed by atoms with Crippen LogP contribution >= 0.6 is 23.2 Å². The van der Waals surface area contributed by atoms with E-state index in [1.807, 2.05) is 84.9 Å². The van der Waals surface area contributed by atoms with Crippen molar-refractivity contribution in [2.75, 3.05) is 0 Å². The van der Waals surface area contributed by atoms with Crippen molar-refractivity contribution in [1.82, 2.24) is 10.3 Å². The molecule has 0 radical (unpaired) electrons. The normalized spacial score (nSPS) is 11.3. The molecule has 0 saturated carbocycles. The first-order valence-corrected chi connectivity index (χ1v) is 11.9. The summed E-state index contributed by atoms with van der Waals surface area (Å²) in [5.74, 6) is -0.0916. The maximum atomic E-state index is 12.2. The summed E-state index contributed by atoms with van der Waals surface area (Å²) in [6.45, 7) is 0.277. The molecular formula is C28H24Cl2N4O. The van der Waals surface area contributed by atoms with Crippen molar-refractivity contribution in [2.24, 2.45) is 10.7 Å². The van der Waals surface area contributed by atoms with Crippen molar-refractivity contribution in [3.05, 3.63) is 112 Å². The minimum absolute atomic E-state index is 0.0814. The van der Waals surface area contributed by atoms with Crippen LogP contribution in [-0.4, -0.2) is 16.9 Å². The fourth-order valence-electron chi connectivity index (χ4n) is 3.61. The molecule has 5 nitrogen and oxygen atoms in total. The number of amides is 1. The Labute approximate surface area is 214 Å². The Kier molecular flexibility index (Phi) is 8.14. The Balaban J connectivity index is 1.49. The SMILES string of the molecule is NC(=NCc1cnc(-c2ccc(Cl)cc2)c(-c2ccc(Cl)cc2)c1)NC(=O)CCc1ccccc1. The van der Waals surface area contributed by atoms with Crippen LogP contribution in [0.25, 0.3) is 22.4 Å². The summed E-state index contributed by atoms with van der Waals surface area (Å²) in [5.41, 5.74) is 11.6. The molecule has 1 aromatic heterocycles. The summed E-state index contributed by atoms with van der Waals surface area (Å²) in [4.78, 5) is 21.3. The van der Waals surface area contributed by atoms with E-state index < -0.39 is 0 Å². The van der Waals surface area contributed by atoms with Crippen LogP contribution in [0.1, 0.15) is 17.5 Å². The molecule has 0 bridgehead atoms. The van der Waals surface area contributed by atoms with Gasteiger partial charge in [-0.2, -0.15) is 0 Å². The fourth-order valence-corrected chi connectivity index (χ4v) is 3.86. The van der Waals surface area contributed by atoms with Crippen LogP contribution in [0, 0.1) is 0 Å². The van der Waals surface area contributed by atoms with Gasteiger partial charge in [0.05, 0.1) is 12.2 Å². The predicted octanol–water partition coefficient (Wildman–Crippen LogP) is 6.29. The summed E-state index contributed by atoms with van der Waals surface area (Å²) in [7, 11) is 0. The molecule has 35 heavy (non-hydrogen) atoms. The number of hydrogen-bond donors (Lipinski definition) is 2. The molecule has 4 aromatic rings. The van der Waals surface area contributed by atoms with E-state index in [0.717, 1.165) is 33.5 Å². The lowest BCUT2D eigenvalue weighted by Gasteiger charge is -2.12. The zero-order valence-electron chi connectivity index (χ0n) is 18.9. The molecule has 0 unspecified atom stereocenters. The highest BCUT2D eigenvalue weighted by Crippen LogP contribution is 2.32. The topological polar surface area (TPSA) is 80.4 Å². The molecule has 0 saturated heterocycles. The van der Waals surface area contributed by atoms with Gasteiger partial charge < -0.3 is 5.73 Å². The lowest BCUT2D eigenvalue weighted by Crippen LogP contribution is -2.36. The van der Waals surface area contributed by atoms with E-state index in [9.17, 15) is 4.79 Å². The molecule has 0 fully saturated rings. The van der Waals surface area contributed by atoms with E-state index in [0.29, 0.717) is 22.9 Å². The minimum atomic E-state index is -0.173. The number of nitrogens with one attached hydrogen (secondary N) is 1. The van der Waals surface area contributed by atoms with Gasteiger partial charge in [-0.05, 0) is 53.4 Å². The van der Waals surface area contributed by atoms with Crippen molar-refractivity contribution in [3.63, 3.8) is 0 Å². The summed E-state index contributed by atoms with van der Waals surface area (Å²) < 4.78 is 0. The first kappa shape index (κ1) is 24.5. The van der Waals surface area contributed by atoms with E-state index in [2.05, 4.69) is 10.3 Å². The Morgan fingerprint density at radius 3 is 2.14 bits per heavy atom. The van der Waals surface area contributed by atoms with E-state index in [1.165, 1.54) is 0 Å². The quantitative estimate of drug-likeness (QED) is 0.230. The lowest BCUT2D eigenvalue weighted by molar-refractivity contribution is -0.119. The molecule has 1 heterocycles. The maximum absolute atomic E-state index is 12.2. The molecule has 0 spiro atoms. The van der Waals surface area contributed by atoms with Crippen molar-refractivity contribution in [1.29, 1.82) is 0 Å². The third-order valence-electron chi connectivity index (χ3n) is 5.40. The largest absolute Gasteiger partial charge is 0.370 e. The predicted molar refractivity (Wildman–Crippen MR) is 143 cm³/mol. The average Bonchev–Trinajstić information content (AvgIpc) is 2.88. The first-order valence-electron chi connectivity index (χ1n) is 11.1. The third-order valence-corrected chi connectivity index (χ3v) is 5.90. The van der Waals surface area contributed by atoms with E-state index in [4.69, 9.17) is 33.9 Å². The Morgan fingerprint density at radius 1 is 0.857 bits per heavy atom. The number of carbonyl (C=O) groups is 1. The zero-order chi connectivity index (χ0) is 24.6. The fraction of sp³-hybridized carbons (Fsp3) is 0.107. The Bertz CT molecular complexity index is 1320. The van der Waals surface area contributed by atoms with Crippen molar-refractivity contribution in [3.8, 4) is 22.4 Å². The second-order valence-corrected chi connectivity index (χ2v) is 8.86. The standard InChI is InChI=1S/C28H24Cl2N4O/c29-23-11-7-21(8-12-23)25-16-20(17-32-27(25)22-9-13-24(30)14-10-22)18-33-28(31)34-26(35)15-6-19-4-2-1-3-5-19/h1-5,7-14,16-17H,6,15,18H2,(H3,31,33,34,35). The van der Waals surface area contributed by atoms with Crippen LogP contribution in [0.3, 0.4) is 0 Å². The van der Waals surface area contributed by atoms with Crippen LogP contribution < -0.4 is 11.1 Å². The van der Waals surface area contributed by atoms with Gasteiger partial charge in [0.25, 0.3) is 0 Å². The van der Waals surface area contributed by atoms with Gasteiger partial charge in [-0.1, -0.05) is 77.8 Å². The Morgan fingerprint density at radius 2 is 1.49 bits per heavy atom. The summed E-state index contributed by atoms with van der Waals surface area (Å²) >= 11 is 12.2. The molecule has 4 rings (SSSR count). The lowest BCUT2D eigenvalue weighted by atomic mass is 9.98. The van der Waals surface area contributed by atoms with Gasteiger partial charge in [0.1, 0.15) is 0 Å². The highest BCUT2D eigenvalue weighted by atomic mass is 35.5. The smallest absolute Gasteiger partial charge is 0.226 e. The minimum Gasteiger partial charge on any atom is -0.370 e. The number of aryl methyl sites for hydroxylation is 1. The zero-order valence-corrected chi connectivity index (χ0v) is 20.4. The molecule has 0 aliphatic heterocycles. The van der Waals surface area contributed by atoms with Crippen molar-refractivity contribution in [2.45, 2.75) is 19.4 Å². The monoisotopic (exact) mass is 502 g/mol. The number of halogens is 2. The van der Waals surface area contributed by atoms with Gasteiger partial charge >= 0.3 is 0 Å². The van der Waals surface area contributed by atoms with E-state index >= 15 is 0 Å². The Hall–Kier alpha value is -3.67. The highest BCUT2D eigenvalue weighted by molar-refractivity contribution is 6.31. The van der Waals surface area contributed by atoms with E-state index in [1.54, 1.807) is 6.20 Å². The molecule has 176 valence electrons. The number of aromatic nitrogens is 1. The number of carbonyl (C=O) groups excluding carboxylic acids is 1. The molecule has 1 amide bonds. The number of rotatable bonds is 7. The number of nitrogens with zero attached hydrogens (tertiary/aromatic N) is 2. The molecule has 3 N–H and O–H groups in total. The summed E-state index contributed by atoms with van der Waals surface area (Å²) in [5, 5.41) is 3.98. The molecule has 7 heteroatoms. The van der Waals surface area contributed by atoms with Crippen LogP contribution in [0.4, 0.5) is 0 Å². The van der Waals surface area contributed by atoms with Gasteiger partial charge in [-0.25, -0.2) is 4.99 Å². The van der Waals surface area contributed by atoms with Crippen LogP contribution in [-0.2, 0) is 17.8 Å². The third kappa shape index (κ3) is 6.92. The van der Waals surface area contributed by atoms with Gasteiger partial charge in [0.15, 0.2) is 5.96 Å². The molecule has 0 aliphatic carbocycles. The van der Waals surface area contributed by atoms with Crippen LogP contribution in [0.2, 0.25) is 10.0 Å². The number of pyridine rings is 1. The van der Waals surface area contributed by atoms with Gasteiger partial charge in [0.2, 0.25) is 5.91 Å². The van der Waals surface area contributed by atoms with E-state index in [-0.39, 0.29) is 18.4 Å². The van der Waals surface area contributed by atoms with Crippen LogP contribution in [0.5, 0.6) is 0 Å². The van der Waals surface area contributed by atoms with Crippen molar-refractivity contribution >= 4 is 35.1 Å². The number of aliphatic imine (C=N–C) groups is 1. The number of guanidine groups is 1. The summed E-state index contributed by atoms with van der Waals surface area (Å²) in [6, 6.07) is 27.0. The second-order valence-electron chi connectivity index (χ2n) is 7.99. The highest BCUT2D eigenvalue weighted by Gasteiger charge is 2.11. The van der Waals surface area contributed by atoms with Gasteiger partial charge in [-0.3, -0.25) is 15.1 Å². The second kappa shape index (κ2) is 11.6. The number of hydrogen-bond acceptors (Lipinski definition) is 3. The number of benzene rings is 3. The first-order chi connectivity index (χ1) is 17.0. The number of nitrogens with two attached hydrogens (primary N) is 1. The molecule has 3 aromatic carbocycles. The maximum Gasteiger partial charge on any atom is 0.226 e. The molecule has 0 aliphatic rings. The summed E-state index contributed by atoms with van der Waals surface area (Å²) in [6.07, 6.45) is 2.73. The van der Waals surface area contributed by atoms with Gasteiger partial charge in [-0.15, -0.1) is 0 Å².